The molecule has 2 aromatic heterocycles. The minimum atomic E-state index is -0.823. The van der Waals surface area contributed by atoms with Gasteiger partial charge in [0, 0.05) is 12.6 Å². The van der Waals surface area contributed by atoms with Crippen LogP contribution >= 0.6 is 0 Å². The Labute approximate surface area is 202 Å². The molecular formula is C25H26N6O4. The lowest BCUT2D eigenvalue weighted by atomic mass is 9.99. The maximum atomic E-state index is 12.4. The number of carboxylic acid groups (broad SMARTS) is 1. The summed E-state index contributed by atoms with van der Waals surface area (Å²) < 4.78 is 6.86. The summed E-state index contributed by atoms with van der Waals surface area (Å²) in [4.78, 5) is 30.2. The zero-order valence-electron chi connectivity index (χ0n) is 19.3. The van der Waals surface area contributed by atoms with Gasteiger partial charge in [-0.15, -0.1) is 5.10 Å². The van der Waals surface area contributed by atoms with E-state index in [1.807, 2.05) is 47.4 Å². The highest BCUT2D eigenvalue weighted by Gasteiger charge is 2.26. The van der Waals surface area contributed by atoms with Crippen molar-refractivity contribution in [2.75, 3.05) is 16.8 Å². The Balaban J connectivity index is 1.46. The summed E-state index contributed by atoms with van der Waals surface area (Å²) in [6, 6.07) is 14.9. The average molecular weight is 475 g/mol. The van der Waals surface area contributed by atoms with Gasteiger partial charge in [0.25, 0.3) is 0 Å². The van der Waals surface area contributed by atoms with Crippen molar-refractivity contribution in [1.82, 2.24) is 14.8 Å². The Bertz CT molecular complexity index is 1220. The monoisotopic (exact) mass is 474 g/mol. The third-order valence-electron chi connectivity index (χ3n) is 5.94. The van der Waals surface area contributed by atoms with Crippen LogP contribution < -0.4 is 10.2 Å². The van der Waals surface area contributed by atoms with Gasteiger partial charge in [0.15, 0.2) is 5.82 Å². The van der Waals surface area contributed by atoms with Gasteiger partial charge in [-0.3, -0.25) is 10.1 Å². The first-order valence-electron chi connectivity index (χ1n) is 11.4. The molecule has 3 heterocycles. The predicted molar refractivity (Wildman–Crippen MR) is 128 cm³/mol. The number of hydrogen-bond donors (Lipinski definition) is 2. The van der Waals surface area contributed by atoms with Crippen molar-refractivity contribution in [3.63, 3.8) is 0 Å². The minimum Gasteiger partial charge on any atom is -0.481 e. The Morgan fingerprint density at radius 3 is 2.74 bits per heavy atom. The molecule has 0 bridgehead atoms. The smallest absolute Gasteiger partial charge is 0.413 e. The maximum Gasteiger partial charge on any atom is 0.413 e. The fraction of sp³-hybridized carbons (Fsp3) is 0.320. The van der Waals surface area contributed by atoms with Gasteiger partial charge in [0.05, 0.1) is 24.5 Å². The molecule has 0 aliphatic carbocycles. The van der Waals surface area contributed by atoms with Gasteiger partial charge in [-0.05, 0) is 43.9 Å². The van der Waals surface area contributed by atoms with Gasteiger partial charge in [0.1, 0.15) is 23.6 Å². The highest BCUT2D eigenvalue weighted by molar-refractivity contribution is 5.85. The Kier molecular flexibility index (Phi) is 7.26. The van der Waals surface area contributed by atoms with Crippen molar-refractivity contribution >= 4 is 23.7 Å². The number of aliphatic carboxylic acids is 1. The lowest BCUT2D eigenvalue weighted by Crippen LogP contribution is -2.41. The highest BCUT2D eigenvalue weighted by Crippen LogP contribution is 2.26. The molecule has 1 fully saturated rings. The molecule has 10 heteroatoms. The van der Waals surface area contributed by atoms with Gasteiger partial charge >= 0.3 is 12.1 Å². The molecule has 2 atom stereocenters. The Morgan fingerprint density at radius 1 is 1.26 bits per heavy atom. The largest absolute Gasteiger partial charge is 0.481 e. The molecule has 35 heavy (non-hydrogen) atoms. The number of benzene rings is 1. The first kappa shape index (κ1) is 23.8. The van der Waals surface area contributed by atoms with E-state index in [2.05, 4.69) is 15.4 Å². The lowest BCUT2D eigenvalue weighted by molar-refractivity contribution is -0.137. The summed E-state index contributed by atoms with van der Waals surface area (Å²) >= 11 is 0. The summed E-state index contributed by atoms with van der Waals surface area (Å²) in [6.45, 7) is 2.51. The molecule has 4 rings (SSSR count). The van der Waals surface area contributed by atoms with Crippen LogP contribution in [0.1, 0.15) is 49.8 Å². The van der Waals surface area contributed by atoms with Crippen molar-refractivity contribution < 1.29 is 19.4 Å². The fourth-order valence-corrected chi connectivity index (χ4v) is 4.16. The minimum absolute atomic E-state index is 0.0716. The van der Waals surface area contributed by atoms with Crippen LogP contribution in [0.2, 0.25) is 0 Å². The molecule has 3 aromatic rings. The zero-order chi connectivity index (χ0) is 24.8. The first-order chi connectivity index (χ1) is 16.9. The molecule has 1 amide bonds. The van der Waals surface area contributed by atoms with E-state index in [4.69, 9.17) is 4.74 Å². The van der Waals surface area contributed by atoms with E-state index < -0.39 is 18.2 Å². The molecule has 1 aliphatic rings. The van der Waals surface area contributed by atoms with Crippen LogP contribution in [0.25, 0.3) is 5.69 Å². The second-order valence-electron chi connectivity index (χ2n) is 8.35. The van der Waals surface area contributed by atoms with E-state index in [9.17, 15) is 20.0 Å². The number of carbonyl (C=O) groups excluding carboxylic acids is 1. The van der Waals surface area contributed by atoms with E-state index in [1.54, 1.807) is 19.2 Å². The number of nitrogens with zero attached hydrogens (tertiary/aromatic N) is 5. The van der Waals surface area contributed by atoms with Crippen LogP contribution in [0.4, 0.5) is 16.4 Å². The normalized spacial score (nSPS) is 16.2. The topological polar surface area (TPSA) is 133 Å². The number of nitriles is 1. The van der Waals surface area contributed by atoms with E-state index in [-0.39, 0.29) is 23.8 Å². The third-order valence-corrected chi connectivity index (χ3v) is 5.94. The number of anilines is 2. The number of amides is 1. The maximum absolute atomic E-state index is 12.4. The van der Waals surface area contributed by atoms with Crippen molar-refractivity contribution in [3.8, 4) is 11.8 Å². The van der Waals surface area contributed by atoms with Crippen LogP contribution in [0.5, 0.6) is 0 Å². The molecule has 180 valence electrons. The molecule has 10 nitrogen and oxygen atoms in total. The van der Waals surface area contributed by atoms with Crippen molar-refractivity contribution in [2.24, 2.45) is 0 Å². The van der Waals surface area contributed by atoms with Gasteiger partial charge in [0.2, 0.25) is 0 Å². The third kappa shape index (κ3) is 5.76. The summed E-state index contributed by atoms with van der Waals surface area (Å²) in [5, 5.41) is 25.6. The van der Waals surface area contributed by atoms with Crippen LogP contribution in [-0.4, -0.2) is 44.5 Å². The molecule has 0 saturated carbocycles. The molecule has 1 aliphatic heterocycles. The van der Waals surface area contributed by atoms with Crippen LogP contribution in [-0.2, 0) is 9.53 Å². The first-order valence-corrected chi connectivity index (χ1v) is 11.4. The van der Waals surface area contributed by atoms with Crippen molar-refractivity contribution in [1.29, 1.82) is 5.26 Å². The number of carbonyl (C=O) groups is 2. The number of carboxylic acids is 1. The lowest BCUT2D eigenvalue weighted by Gasteiger charge is -2.35. The molecule has 0 radical (unpaired) electrons. The van der Waals surface area contributed by atoms with E-state index in [0.29, 0.717) is 11.5 Å². The average Bonchev–Trinajstić information content (AvgIpc) is 3.27. The van der Waals surface area contributed by atoms with E-state index in [1.165, 1.54) is 10.9 Å². The van der Waals surface area contributed by atoms with Crippen LogP contribution in [0, 0.1) is 11.3 Å². The quantitative estimate of drug-likeness (QED) is 0.518. The number of aromatic nitrogens is 3. The molecule has 1 saturated heterocycles. The van der Waals surface area contributed by atoms with Gasteiger partial charge < -0.3 is 14.7 Å². The van der Waals surface area contributed by atoms with E-state index >= 15 is 0 Å². The molecular weight excluding hydrogens is 448 g/mol. The molecule has 2 unspecified atom stereocenters. The summed E-state index contributed by atoms with van der Waals surface area (Å²) in [5.41, 5.74) is 1.62. The van der Waals surface area contributed by atoms with Crippen LogP contribution in [0.15, 0.2) is 54.9 Å². The number of pyridine rings is 1. The fourth-order valence-electron chi connectivity index (χ4n) is 4.16. The second-order valence-corrected chi connectivity index (χ2v) is 8.35. The number of rotatable bonds is 7. The zero-order valence-corrected chi connectivity index (χ0v) is 19.3. The summed E-state index contributed by atoms with van der Waals surface area (Å²) in [5.74, 6) is -0.0422. The summed E-state index contributed by atoms with van der Waals surface area (Å²) in [7, 11) is 0. The number of nitrogens with one attached hydrogen (secondary N) is 1. The molecule has 2 N–H and O–H groups in total. The number of hydrogen-bond acceptors (Lipinski definition) is 7. The predicted octanol–water partition coefficient (Wildman–Crippen LogP) is 4.28. The second kappa shape index (κ2) is 10.7. The van der Waals surface area contributed by atoms with Gasteiger partial charge in [-0.25, -0.2) is 14.5 Å². The van der Waals surface area contributed by atoms with Gasteiger partial charge in [-0.1, -0.05) is 30.3 Å². The molecule has 1 aromatic carbocycles. The summed E-state index contributed by atoms with van der Waals surface area (Å²) in [6.07, 6.45) is 4.79. The molecule has 0 spiro atoms. The number of ether oxygens (including phenoxy) is 1. The van der Waals surface area contributed by atoms with Crippen molar-refractivity contribution in [2.45, 2.75) is 44.8 Å². The van der Waals surface area contributed by atoms with Crippen molar-refractivity contribution in [3.05, 3.63) is 66.0 Å². The number of piperidine rings is 1. The van der Waals surface area contributed by atoms with E-state index in [0.717, 1.165) is 31.4 Å². The van der Waals surface area contributed by atoms with Gasteiger partial charge in [-0.2, -0.15) is 5.26 Å². The Morgan fingerprint density at radius 2 is 2.06 bits per heavy atom. The standard InChI is InChI=1S/C25H26N6O4/c1-17(18-7-3-2-4-8-18)35-25(34)28-24-19(14-26)16-31(29-24)21-10-11-22(27-15-21)30-12-6-5-9-20(30)13-23(32)33/h2-4,7-8,10-11,15-17,20H,5-6,9,12-13H2,1H3,(H,32,33)(H,28,29,34). The SMILES string of the molecule is CC(OC(=O)Nc1nn(-c2ccc(N3CCCCC3CC(=O)O)nc2)cc1C#N)c1ccccc1. The highest BCUT2D eigenvalue weighted by atomic mass is 16.6. The Hall–Kier alpha value is -4.39. The van der Waals surface area contributed by atoms with Crippen LogP contribution in [0.3, 0.4) is 0 Å².